The summed E-state index contributed by atoms with van der Waals surface area (Å²) >= 11 is 0. The van der Waals surface area contributed by atoms with Gasteiger partial charge in [-0.25, -0.2) is 9.59 Å². The van der Waals surface area contributed by atoms with E-state index in [0.29, 0.717) is 0 Å². The molecule has 1 aliphatic rings. The second kappa shape index (κ2) is 9.36. The average molecular weight is 386 g/mol. The summed E-state index contributed by atoms with van der Waals surface area (Å²) in [5.74, 6) is -4.24. The number of hydrogen-bond donors (Lipinski definition) is 3. The van der Waals surface area contributed by atoms with Crippen molar-refractivity contribution in [1.29, 1.82) is 0 Å². The van der Waals surface area contributed by atoms with Crippen LogP contribution >= 0.6 is 0 Å². The van der Waals surface area contributed by atoms with Gasteiger partial charge in [-0.3, -0.25) is 9.59 Å². The van der Waals surface area contributed by atoms with Crippen LogP contribution in [0.1, 0.15) is 27.2 Å². The van der Waals surface area contributed by atoms with Crippen molar-refractivity contribution in [3.63, 3.8) is 0 Å². The van der Waals surface area contributed by atoms with Gasteiger partial charge in [0.05, 0.1) is 19.1 Å². The van der Waals surface area contributed by atoms with Gasteiger partial charge in [0.15, 0.2) is 0 Å². The molecule has 0 aromatic carbocycles. The molecule has 0 spiro atoms. The number of carboxylic acids is 2. The predicted molar refractivity (Wildman–Crippen MR) is 93.1 cm³/mol. The van der Waals surface area contributed by atoms with Crippen LogP contribution in [-0.4, -0.2) is 76.5 Å². The number of carboxylic acid groups (broad SMARTS) is 2. The summed E-state index contributed by atoms with van der Waals surface area (Å²) in [6.45, 7) is 8.03. The van der Waals surface area contributed by atoms with E-state index < -0.39 is 47.5 Å². The Bertz CT molecular complexity index is 598. The van der Waals surface area contributed by atoms with Crippen molar-refractivity contribution >= 4 is 23.9 Å². The van der Waals surface area contributed by atoms with Crippen LogP contribution < -0.4 is 5.32 Å². The van der Waals surface area contributed by atoms with Crippen LogP contribution in [0.4, 0.5) is 4.79 Å². The first-order valence-corrected chi connectivity index (χ1v) is 8.40. The highest BCUT2D eigenvalue weighted by Gasteiger charge is 2.44. The Balaban J connectivity index is 2.95. The van der Waals surface area contributed by atoms with Gasteiger partial charge >= 0.3 is 18.0 Å². The van der Waals surface area contributed by atoms with E-state index in [1.165, 1.54) is 6.08 Å². The lowest BCUT2D eigenvalue weighted by atomic mass is 10.1. The summed E-state index contributed by atoms with van der Waals surface area (Å²) in [7, 11) is 0. The zero-order chi connectivity index (χ0) is 20.8. The summed E-state index contributed by atoms with van der Waals surface area (Å²) < 4.78 is 10.3. The molecule has 2 amide bonds. The number of amides is 2. The second-order valence-electron chi connectivity index (χ2n) is 7.14. The Kier molecular flexibility index (Phi) is 7.77. The number of carbonyl (C=O) groups is 4. The van der Waals surface area contributed by atoms with Crippen LogP contribution in [0.2, 0.25) is 0 Å². The van der Waals surface area contributed by atoms with Gasteiger partial charge in [-0.2, -0.15) is 0 Å². The number of alkyl carbamates (subject to hydrolysis) is 1. The van der Waals surface area contributed by atoms with Crippen molar-refractivity contribution in [3.05, 3.63) is 12.7 Å². The third kappa shape index (κ3) is 6.89. The molecule has 1 saturated heterocycles. The van der Waals surface area contributed by atoms with Crippen molar-refractivity contribution < 1.29 is 38.9 Å². The first kappa shape index (κ1) is 22.4. The van der Waals surface area contributed by atoms with Gasteiger partial charge in [-0.15, -0.1) is 6.58 Å². The van der Waals surface area contributed by atoms with Crippen LogP contribution in [-0.2, 0) is 23.9 Å². The molecule has 3 N–H and O–H groups in total. The van der Waals surface area contributed by atoms with E-state index in [2.05, 4.69) is 11.9 Å². The maximum atomic E-state index is 12.8. The first-order valence-electron chi connectivity index (χ1n) is 8.40. The van der Waals surface area contributed by atoms with E-state index in [1.54, 1.807) is 20.8 Å². The van der Waals surface area contributed by atoms with Gasteiger partial charge in [-0.05, 0) is 27.2 Å². The number of likely N-dealkylation sites (tertiary alicyclic amines) is 1. The molecule has 1 rings (SSSR count). The van der Waals surface area contributed by atoms with E-state index in [9.17, 15) is 24.3 Å². The Labute approximate surface area is 157 Å². The number of ether oxygens (including phenoxy) is 2. The molecule has 0 saturated carbocycles. The highest BCUT2D eigenvalue weighted by molar-refractivity contribution is 5.91. The molecule has 3 unspecified atom stereocenters. The monoisotopic (exact) mass is 386 g/mol. The van der Waals surface area contributed by atoms with Crippen molar-refractivity contribution in [3.8, 4) is 0 Å². The highest BCUT2D eigenvalue weighted by atomic mass is 16.6. The molecule has 0 radical (unpaired) electrons. The second-order valence-corrected chi connectivity index (χ2v) is 7.14. The molecule has 0 aliphatic carbocycles. The summed E-state index contributed by atoms with van der Waals surface area (Å²) in [5.41, 5.74) is -0.800. The molecule has 0 aromatic heterocycles. The van der Waals surface area contributed by atoms with E-state index in [-0.39, 0.29) is 26.2 Å². The van der Waals surface area contributed by atoms with Crippen molar-refractivity contribution in [2.24, 2.45) is 5.92 Å². The molecular weight excluding hydrogens is 360 g/mol. The molecule has 1 heterocycles. The summed E-state index contributed by atoms with van der Waals surface area (Å²) in [6.07, 6.45) is 0.373. The fraction of sp³-hybridized carbons (Fsp3) is 0.647. The molecule has 3 atom stereocenters. The first-order chi connectivity index (χ1) is 12.5. The molecule has 1 aliphatic heterocycles. The predicted octanol–water partition coefficient (Wildman–Crippen LogP) is 0.469. The van der Waals surface area contributed by atoms with Gasteiger partial charge in [0, 0.05) is 6.54 Å². The molecule has 27 heavy (non-hydrogen) atoms. The van der Waals surface area contributed by atoms with Crippen LogP contribution in [0.5, 0.6) is 0 Å². The third-order valence-corrected chi connectivity index (χ3v) is 3.73. The van der Waals surface area contributed by atoms with Crippen molar-refractivity contribution in [2.75, 3.05) is 19.8 Å². The summed E-state index contributed by atoms with van der Waals surface area (Å²) in [5, 5.41) is 20.8. The Hall–Kier alpha value is -2.62. The van der Waals surface area contributed by atoms with Crippen LogP contribution in [0.3, 0.4) is 0 Å². The van der Waals surface area contributed by atoms with E-state index >= 15 is 0 Å². The number of nitrogens with zero attached hydrogens (tertiary/aromatic N) is 1. The number of hydrogen-bond acceptors (Lipinski definition) is 6. The summed E-state index contributed by atoms with van der Waals surface area (Å²) in [4.78, 5) is 48.4. The minimum absolute atomic E-state index is 0.111. The quantitative estimate of drug-likeness (QED) is 0.403. The van der Waals surface area contributed by atoms with Crippen LogP contribution in [0, 0.1) is 5.92 Å². The average Bonchev–Trinajstić information content (AvgIpc) is 2.97. The fourth-order valence-corrected chi connectivity index (χ4v) is 2.59. The van der Waals surface area contributed by atoms with E-state index in [4.69, 9.17) is 14.6 Å². The fourth-order valence-electron chi connectivity index (χ4n) is 2.59. The van der Waals surface area contributed by atoms with Gasteiger partial charge in [0.25, 0.3) is 0 Å². The maximum absolute atomic E-state index is 12.8. The normalized spacial score (nSPS) is 20.6. The number of aliphatic carboxylic acids is 2. The molecule has 0 bridgehead atoms. The molecule has 10 heteroatoms. The molecular formula is C17H26N2O8. The van der Waals surface area contributed by atoms with E-state index in [0.717, 1.165) is 4.90 Å². The standard InChI is InChI=1S/C17H26N2O8/c1-5-6-26-9-11(18-16(25)27-17(2,3)4)13(20)19-8-10(14(21)22)7-12(19)15(23)24/h5,10-12H,1,6-9H2,2-4H3,(H,18,25)(H,21,22)(H,23,24). The van der Waals surface area contributed by atoms with Crippen molar-refractivity contribution in [1.82, 2.24) is 10.2 Å². The third-order valence-electron chi connectivity index (χ3n) is 3.73. The van der Waals surface area contributed by atoms with Crippen LogP contribution in [0.15, 0.2) is 12.7 Å². The van der Waals surface area contributed by atoms with Gasteiger partial charge in [0.1, 0.15) is 17.7 Å². The molecule has 10 nitrogen and oxygen atoms in total. The van der Waals surface area contributed by atoms with Gasteiger partial charge in [-0.1, -0.05) is 6.08 Å². The lowest BCUT2D eigenvalue weighted by molar-refractivity contribution is -0.149. The Morgan fingerprint density at radius 2 is 1.89 bits per heavy atom. The molecule has 1 fully saturated rings. The van der Waals surface area contributed by atoms with Crippen molar-refractivity contribution in [2.45, 2.75) is 44.9 Å². The Morgan fingerprint density at radius 3 is 2.37 bits per heavy atom. The van der Waals surface area contributed by atoms with E-state index in [1.807, 2.05) is 0 Å². The zero-order valence-corrected chi connectivity index (χ0v) is 15.6. The SMILES string of the molecule is C=CCOCC(NC(=O)OC(C)(C)C)C(=O)N1CC(C(=O)O)CC1C(=O)O. The minimum Gasteiger partial charge on any atom is -0.481 e. The smallest absolute Gasteiger partial charge is 0.408 e. The Morgan fingerprint density at radius 1 is 1.26 bits per heavy atom. The largest absolute Gasteiger partial charge is 0.481 e. The van der Waals surface area contributed by atoms with Gasteiger partial charge in [0.2, 0.25) is 5.91 Å². The number of carbonyl (C=O) groups excluding carboxylic acids is 2. The molecule has 0 aromatic rings. The lowest BCUT2D eigenvalue weighted by Crippen LogP contribution is -2.54. The minimum atomic E-state index is -1.31. The zero-order valence-electron chi connectivity index (χ0n) is 15.6. The van der Waals surface area contributed by atoms with Gasteiger partial charge < -0.3 is 29.9 Å². The highest BCUT2D eigenvalue weighted by Crippen LogP contribution is 2.25. The lowest BCUT2D eigenvalue weighted by Gasteiger charge is -2.28. The topological polar surface area (TPSA) is 142 Å². The number of rotatable bonds is 8. The summed E-state index contributed by atoms with van der Waals surface area (Å²) in [6, 6.07) is -2.52. The maximum Gasteiger partial charge on any atom is 0.408 e. The molecule has 152 valence electrons. The van der Waals surface area contributed by atoms with Crippen LogP contribution in [0.25, 0.3) is 0 Å². The number of nitrogens with one attached hydrogen (secondary N) is 1.